The summed E-state index contributed by atoms with van der Waals surface area (Å²) in [6, 6.07) is 21.1. The van der Waals surface area contributed by atoms with Crippen LogP contribution >= 0.6 is 0 Å². The Bertz CT molecular complexity index is 1300. The van der Waals surface area contributed by atoms with Crippen molar-refractivity contribution in [2.45, 2.75) is 32.2 Å². The van der Waals surface area contributed by atoms with Crippen molar-refractivity contribution in [1.82, 2.24) is 0 Å². The fourth-order valence-corrected chi connectivity index (χ4v) is 4.66. The molecule has 1 unspecified atom stereocenters. The van der Waals surface area contributed by atoms with E-state index >= 15 is 0 Å². The standard InChI is InChI=1S/C29H27NO5/c1-2-15-34-23-12-6-11-22(18-23)30-26(19-8-4-3-5-9-19)25(28(32)29(30)33)27(31)21-13-14-24-20(17-21)10-7-16-35-24/h3-6,8-9,11-14,17-18,26,31H,2,7,10,15-16H2,1H3/b27-25-. The summed E-state index contributed by atoms with van der Waals surface area (Å²) in [5.41, 5.74) is 2.81. The van der Waals surface area contributed by atoms with Gasteiger partial charge in [-0.1, -0.05) is 43.3 Å². The zero-order chi connectivity index (χ0) is 24.4. The number of nitrogens with zero attached hydrogens (tertiary/aromatic N) is 1. The Morgan fingerprint density at radius 3 is 2.69 bits per heavy atom. The fraction of sp³-hybridized carbons (Fsp3) is 0.241. The van der Waals surface area contributed by atoms with E-state index in [4.69, 9.17) is 9.47 Å². The first-order valence-corrected chi connectivity index (χ1v) is 11.9. The minimum absolute atomic E-state index is 0.0674. The van der Waals surface area contributed by atoms with Crippen LogP contribution in [-0.2, 0) is 16.0 Å². The molecule has 1 amide bonds. The van der Waals surface area contributed by atoms with Crippen LogP contribution < -0.4 is 14.4 Å². The van der Waals surface area contributed by atoms with Crippen molar-refractivity contribution in [3.8, 4) is 11.5 Å². The molecule has 1 saturated heterocycles. The van der Waals surface area contributed by atoms with Gasteiger partial charge in [0.1, 0.15) is 17.3 Å². The number of aliphatic hydroxyl groups excluding tert-OH is 1. The number of carbonyl (C=O) groups excluding carboxylic acids is 2. The van der Waals surface area contributed by atoms with Crippen molar-refractivity contribution < 1.29 is 24.2 Å². The van der Waals surface area contributed by atoms with E-state index in [0.717, 1.165) is 36.1 Å². The molecule has 2 heterocycles. The third-order valence-electron chi connectivity index (χ3n) is 6.31. The highest BCUT2D eigenvalue weighted by Crippen LogP contribution is 2.43. The number of carbonyl (C=O) groups is 2. The normalized spacial score (nSPS) is 18.8. The SMILES string of the molecule is CCCOc1cccc(N2C(=O)C(=O)/C(=C(\O)c3ccc4c(c3)CCCO4)C2c2ccccc2)c1. The highest BCUT2D eigenvalue weighted by Gasteiger charge is 2.47. The molecule has 1 fully saturated rings. The summed E-state index contributed by atoms with van der Waals surface area (Å²) in [5, 5.41) is 11.4. The van der Waals surface area contributed by atoms with Crippen LogP contribution in [0.25, 0.3) is 5.76 Å². The monoisotopic (exact) mass is 469 g/mol. The number of anilines is 1. The number of amides is 1. The summed E-state index contributed by atoms with van der Waals surface area (Å²) < 4.78 is 11.4. The van der Waals surface area contributed by atoms with Crippen LogP contribution in [0.1, 0.15) is 42.5 Å². The molecule has 1 atom stereocenters. The number of hydrogen-bond acceptors (Lipinski definition) is 5. The molecule has 6 heteroatoms. The number of ketones is 1. The van der Waals surface area contributed by atoms with Crippen LogP contribution in [0.5, 0.6) is 11.5 Å². The van der Waals surface area contributed by atoms with E-state index in [1.54, 1.807) is 24.3 Å². The van der Waals surface area contributed by atoms with Gasteiger partial charge in [0.2, 0.25) is 0 Å². The third kappa shape index (κ3) is 4.28. The highest BCUT2D eigenvalue weighted by molar-refractivity contribution is 6.51. The van der Waals surface area contributed by atoms with Gasteiger partial charge in [-0.2, -0.15) is 0 Å². The van der Waals surface area contributed by atoms with Gasteiger partial charge in [0.05, 0.1) is 24.8 Å². The summed E-state index contributed by atoms with van der Waals surface area (Å²) in [5.74, 6) is -0.185. The van der Waals surface area contributed by atoms with E-state index in [9.17, 15) is 14.7 Å². The summed E-state index contributed by atoms with van der Waals surface area (Å²) in [6.45, 7) is 3.23. The molecule has 0 aromatic heterocycles. The lowest BCUT2D eigenvalue weighted by atomic mass is 9.94. The molecule has 3 aromatic carbocycles. The molecule has 178 valence electrons. The number of fused-ring (bicyclic) bond motifs is 1. The Kier molecular flexibility index (Phi) is 6.27. The molecule has 2 aliphatic rings. The van der Waals surface area contributed by atoms with Gasteiger partial charge in [-0.15, -0.1) is 0 Å². The first-order valence-electron chi connectivity index (χ1n) is 11.9. The van der Waals surface area contributed by atoms with Crippen LogP contribution in [-0.4, -0.2) is 30.0 Å². The van der Waals surface area contributed by atoms with Crippen molar-refractivity contribution in [3.63, 3.8) is 0 Å². The molecule has 0 saturated carbocycles. The average Bonchev–Trinajstić information content (AvgIpc) is 3.17. The van der Waals surface area contributed by atoms with Crippen molar-refractivity contribution in [2.75, 3.05) is 18.1 Å². The second-order valence-electron chi connectivity index (χ2n) is 8.70. The van der Waals surface area contributed by atoms with E-state index in [1.807, 2.05) is 55.5 Å². The van der Waals surface area contributed by atoms with Crippen molar-refractivity contribution >= 4 is 23.1 Å². The Labute approximate surface area is 204 Å². The summed E-state index contributed by atoms with van der Waals surface area (Å²) in [4.78, 5) is 28.2. The molecule has 35 heavy (non-hydrogen) atoms. The molecule has 0 spiro atoms. The van der Waals surface area contributed by atoms with Crippen LogP contribution in [0.15, 0.2) is 78.4 Å². The number of hydrogen-bond donors (Lipinski definition) is 1. The van der Waals surface area contributed by atoms with Gasteiger partial charge in [0.25, 0.3) is 11.7 Å². The predicted octanol–water partition coefficient (Wildman–Crippen LogP) is 5.43. The molecule has 0 aliphatic carbocycles. The maximum Gasteiger partial charge on any atom is 0.300 e. The van der Waals surface area contributed by atoms with Crippen molar-refractivity contribution in [2.24, 2.45) is 0 Å². The maximum absolute atomic E-state index is 13.4. The van der Waals surface area contributed by atoms with E-state index in [-0.39, 0.29) is 11.3 Å². The third-order valence-corrected chi connectivity index (χ3v) is 6.31. The number of aryl methyl sites for hydroxylation is 1. The van der Waals surface area contributed by atoms with E-state index in [1.165, 1.54) is 4.90 Å². The molecule has 6 nitrogen and oxygen atoms in total. The minimum Gasteiger partial charge on any atom is -0.507 e. The van der Waals surface area contributed by atoms with Gasteiger partial charge in [0.15, 0.2) is 0 Å². The lowest BCUT2D eigenvalue weighted by Gasteiger charge is -2.26. The molecule has 0 bridgehead atoms. The quantitative estimate of drug-likeness (QED) is 0.296. The summed E-state index contributed by atoms with van der Waals surface area (Å²) in [6.07, 6.45) is 2.57. The van der Waals surface area contributed by atoms with Crippen molar-refractivity contribution in [1.29, 1.82) is 0 Å². The average molecular weight is 470 g/mol. The number of rotatable bonds is 6. The lowest BCUT2D eigenvalue weighted by Crippen LogP contribution is -2.29. The Morgan fingerprint density at radius 1 is 1.06 bits per heavy atom. The molecule has 0 radical (unpaired) electrons. The van der Waals surface area contributed by atoms with Crippen LogP contribution in [0.4, 0.5) is 5.69 Å². The van der Waals surface area contributed by atoms with Gasteiger partial charge >= 0.3 is 0 Å². The van der Waals surface area contributed by atoms with E-state index in [0.29, 0.717) is 30.2 Å². The van der Waals surface area contributed by atoms with Crippen LogP contribution in [0.2, 0.25) is 0 Å². The summed E-state index contributed by atoms with van der Waals surface area (Å²) in [7, 11) is 0. The first kappa shape index (κ1) is 22.7. The smallest absolute Gasteiger partial charge is 0.300 e. The fourth-order valence-electron chi connectivity index (χ4n) is 4.66. The maximum atomic E-state index is 13.4. The number of ether oxygens (including phenoxy) is 2. The number of Topliss-reactive ketones (excluding diaryl/α,β-unsaturated/α-hetero) is 1. The molecule has 5 rings (SSSR count). The van der Waals surface area contributed by atoms with E-state index in [2.05, 4.69) is 0 Å². The van der Waals surface area contributed by atoms with Gasteiger partial charge in [-0.25, -0.2) is 0 Å². The second-order valence-corrected chi connectivity index (χ2v) is 8.70. The van der Waals surface area contributed by atoms with Crippen LogP contribution in [0, 0.1) is 0 Å². The Hall–Kier alpha value is -4.06. The molecule has 2 aliphatic heterocycles. The molecule has 1 N–H and O–H groups in total. The highest BCUT2D eigenvalue weighted by atomic mass is 16.5. The predicted molar refractivity (Wildman–Crippen MR) is 134 cm³/mol. The number of aliphatic hydroxyl groups is 1. The van der Waals surface area contributed by atoms with Gasteiger partial charge in [-0.3, -0.25) is 14.5 Å². The van der Waals surface area contributed by atoms with Gasteiger partial charge in [-0.05, 0) is 60.7 Å². The van der Waals surface area contributed by atoms with Gasteiger partial charge in [0, 0.05) is 17.3 Å². The first-order chi connectivity index (χ1) is 17.1. The van der Waals surface area contributed by atoms with E-state index < -0.39 is 17.7 Å². The zero-order valence-corrected chi connectivity index (χ0v) is 19.6. The lowest BCUT2D eigenvalue weighted by molar-refractivity contribution is -0.132. The van der Waals surface area contributed by atoms with Crippen molar-refractivity contribution in [3.05, 3.63) is 95.1 Å². The van der Waals surface area contributed by atoms with Crippen LogP contribution in [0.3, 0.4) is 0 Å². The molecular formula is C29H27NO5. The Morgan fingerprint density at radius 2 is 1.89 bits per heavy atom. The molecule has 3 aromatic rings. The minimum atomic E-state index is -0.773. The number of benzene rings is 3. The Balaban J connectivity index is 1.64. The van der Waals surface area contributed by atoms with Gasteiger partial charge < -0.3 is 14.6 Å². The molecular weight excluding hydrogens is 442 g/mol. The topological polar surface area (TPSA) is 76.1 Å². The largest absolute Gasteiger partial charge is 0.507 e. The second kappa shape index (κ2) is 9.66. The summed E-state index contributed by atoms with van der Waals surface area (Å²) >= 11 is 0. The zero-order valence-electron chi connectivity index (χ0n) is 19.6.